The molecule has 0 radical (unpaired) electrons. The Bertz CT molecular complexity index is 613. The minimum absolute atomic E-state index is 0.00412. The SMILES string of the molecule is CCC(O)(c1ccccc1F)c1cccc(OC)c1F. The lowest BCUT2D eigenvalue weighted by Crippen LogP contribution is -2.29. The molecule has 0 amide bonds. The van der Waals surface area contributed by atoms with Gasteiger partial charge in [0.1, 0.15) is 11.4 Å². The van der Waals surface area contributed by atoms with E-state index in [0.717, 1.165) is 0 Å². The average Bonchev–Trinajstić information content (AvgIpc) is 2.47. The molecule has 0 aliphatic heterocycles. The number of hydrogen-bond donors (Lipinski definition) is 1. The van der Waals surface area contributed by atoms with Crippen LogP contribution in [0, 0.1) is 11.6 Å². The van der Waals surface area contributed by atoms with Crippen LogP contribution in [0.1, 0.15) is 24.5 Å². The van der Waals surface area contributed by atoms with E-state index < -0.39 is 17.2 Å². The Labute approximate surface area is 116 Å². The van der Waals surface area contributed by atoms with E-state index in [4.69, 9.17) is 4.74 Å². The third-order valence-electron chi connectivity index (χ3n) is 3.46. The van der Waals surface area contributed by atoms with Crippen LogP contribution in [0.2, 0.25) is 0 Å². The zero-order chi connectivity index (χ0) is 14.8. The van der Waals surface area contributed by atoms with Gasteiger partial charge in [0.2, 0.25) is 0 Å². The van der Waals surface area contributed by atoms with Gasteiger partial charge in [-0.2, -0.15) is 0 Å². The molecular weight excluding hydrogens is 262 g/mol. The van der Waals surface area contributed by atoms with Gasteiger partial charge < -0.3 is 9.84 Å². The molecule has 4 heteroatoms. The maximum Gasteiger partial charge on any atom is 0.171 e. The smallest absolute Gasteiger partial charge is 0.171 e. The highest BCUT2D eigenvalue weighted by Gasteiger charge is 2.35. The first-order valence-corrected chi connectivity index (χ1v) is 6.35. The largest absolute Gasteiger partial charge is 0.494 e. The summed E-state index contributed by atoms with van der Waals surface area (Å²) in [6.45, 7) is 1.67. The average molecular weight is 278 g/mol. The Balaban J connectivity index is 2.66. The van der Waals surface area contributed by atoms with Crippen LogP contribution in [-0.4, -0.2) is 12.2 Å². The molecule has 0 saturated heterocycles. The molecule has 0 fully saturated rings. The summed E-state index contributed by atoms with van der Waals surface area (Å²) in [7, 11) is 1.34. The van der Waals surface area contributed by atoms with Crippen LogP contribution in [0.15, 0.2) is 42.5 Å². The van der Waals surface area contributed by atoms with E-state index in [9.17, 15) is 13.9 Å². The van der Waals surface area contributed by atoms with Crippen molar-refractivity contribution in [2.45, 2.75) is 18.9 Å². The quantitative estimate of drug-likeness (QED) is 0.925. The Hall–Kier alpha value is -1.94. The molecule has 20 heavy (non-hydrogen) atoms. The summed E-state index contributed by atoms with van der Waals surface area (Å²) in [5.74, 6) is -1.23. The van der Waals surface area contributed by atoms with Crippen LogP contribution in [0.25, 0.3) is 0 Å². The fraction of sp³-hybridized carbons (Fsp3) is 0.250. The van der Waals surface area contributed by atoms with Gasteiger partial charge in [-0.1, -0.05) is 37.3 Å². The van der Waals surface area contributed by atoms with Crippen LogP contribution < -0.4 is 4.74 Å². The van der Waals surface area contributed by atoms with E-state index in [2.05, 4.69) is 0 Å². The molecule has 0 heterocycles. The van der Waals surface area contributed by atoms with Gasteiger partial charge in [-0.3, -0.25) is 0 Å². The fourth-order valence-corrected chi connectivity index (χ4v) is 2.31. The van der Waals surface area contributed by atoms with Crippen molar-refractivity contribution in [1.29, 1.82) is 0 Å². The number of halogens is 2. The van der Waals surface area contributed by atoms with E-state index in [-0.39, 0.29) is 23.3 Å². The van der Waals surface area contributed by atoms with Crippen molar-refractivity contribution in [2.75, 3.05) is 7.11 Å². The molecule has 0 aliphatic carbocycles. The molecule has 0 saturated carbocycles. The summed E-state index contributed by atoms with van der Waals surface area (Å²) in [5.41, 5.74) is -1.68. The minimum atomic E-state index is -1.73. The number of hydrogen-bond acceptors (Lipinski definition) is 2. The first-order valence-electron chi connectivity index (χ1n) is 6.35. The number of rotatable bonds is 4. The van der Waals surface area contributed by atoms with E-state index >= 15 is 0 Å². The Morgan fingerprint density at radius 1 is 1.05 bits per heavy atom. The van der Waals surface area contributed by atoms with Gasteiger partial charge in [0.05, 0.1) is 7.11 Å². The predicted octanol–water partition coefficient (Wildman–Crippen LogP) is 3.62. The lowest BCUT2D eigenvalue weighted by molar-refractivity contribution is 0.0681. The van der Waals surface area contributed by atoms with Crippen LogP contribution >= 0.6 is 0 Å². The number of ether oxygens (including phenoxy) is 1. The van der Waals surface area contributed by atoms with Gasteiger partial charge in [0, 0.05) is 11.1 Å². The Kier molecular flexibility index (Phi) is 4.04. The van der Waals surface area contributed by atoms with E-state index in [1.807, 2.05) is 0 Å². The second-order valence-electron chi connectivity index (χ2n) is 4.52. The monoisotopic (exact) mass is 278 g/mol. The first-order chi connectivity index (χ1) is 9.54. The van der Waals surface area contributed by atoms with Crippen molar-refractivity contribution in [1.82, 2.24) is 0 Å². The second-order valence-corrected chi connectivity index (χ2v) is 4.52. The molecule has 2 nitrogen and oxygen atoms in total. The highest BCUT2D eigenvalue weighted by molar-refractivity contribution is 5.41. The molecule has 0 aliphatic rings. The summed E-state index contributed by atoms with van der Waals surface area (Å²) in [6.07, 6.45) is 0.137. The second kappa shape index (κ2) is 5.59. The van der Waals surface area contributed by atoms with Gasteiger partial charge in [-0.15, -0.1) is 0 Å². The maximum absolute atomic E-state index is 14.4. The molecule has 1 atom stereocenters. The molecular formula is C16H16F2O2. The summed E-state index contributed by atoms with van der Waals surface area (Å²) < 4.78 is 33.2. The lowest BCUT2D eigenvalue weighted by Gasteiger charge is -2.29. The molecule has 106 valence electrons. The molecule has 2 aromatic carbocycles. The van der Waals surface area contributed by atoms with Crippen LogP contribution in [0.4, 0.5) is 8.78 Å². The van der Waals surface area contributed by atoms with E-state index in [1.54, 1.807) is 19.1 Å². The van der Waals surface area contributed by atoms with E-state index in [1.165, 1.54) is 37.4 Å². The molecule has 0 aromatic heterocycles. The molecule has 1 unspecified atom stereocenters. The van der Waals surface area contributed by atoms with Crippen LogP contribution in [0.5, 0.6) is 5.75 Å². The predicted molar refractivity (Wildman–Crippen MR) is 72.6 cm³/mol. The molecule has 0 bridgehead atoms. The Morgan fingerprint density at radius 2 is 1.70 bits per heavy atom. The third kappa shape index (κ3) is 2.27. The minimum Gasteiger partial charge on any atom is -0.494 e. The van der Waals surface area contributed by atoms with Crippen LogP contribution in [-0.2, 0) is 5.60 Å². The number of methoxy groups -OCH3 is 1. The van der Waals surface area contributed by atoms with Crippen molar-refractivity contribution in [3.05, 3.63) is 65.2 Å². The maximum atomic E-state index is 14.4. The third-order valence-corrected chi connectivity index (χ3v) is 3.46. The highest BCUT2D eigenvalue weighted by Crippen LogP contribution is 2.37. The molecule has 2 rings (SSSR count). The van der Waals surface area contributed by atoms with Gasteiger partial charge in [-0.25, -0.2) is 8.78 Å². The number of aliphatic hydroxyl groups is 1. The fourth-order valence-electron chi connectivity index (χ4n) is 2.31. The van der Waals surface area contributed by atoms with Gasteiger partial charge in [0.25, 0.3) is 0 Å². The Morgan fingerprint density at radius 3 is 2.30 bits per heavy atom. The van der Waals surface area contributed by atoms with Crippen LogP contribution in [0.3, 0.4) is 0 Å². The molecule has 1 N–H and O–H groups in total. The highest BCUT2D eigenvalue weighted by atomic mass is 19.1. The lowest BCUT2D eigenvalue weighted by atomic mass is 9.83. The summed E-state index contributed by atoms with van der Waals surface area (Å²) in [5, 5.41) is 10.8. The van der Waals surface area contributed by atoms with Crippen molar-refractivity contribution < 1.29 is 18.6 Å². The van der Waals surface area contributed by atoms with Crippen molar-refractivity contribution in [2.24, 2.45) is 0 Å². The van der Waals surface area contributed by atoms with Gasteiger partial charge in [0.15, 0.2) is 11.6 Å². The summed E-state index contributed by atoms with van der Waals surface area (Å²) >= 11 is 0. The molecule has 2 aromatic rings. The van der Waals surface area contributed by atoms with Crippen molar-refractivity contribution in [3.8, 4) is 5.75 Å². The van der Waals surface area contributed by atoms with Crippen molar-refractivity contribution in [3.63, 3.8) is 0 Å². The zero-order valence-corrected chi connectivity index (χ0v) is 11.4. The zero-order valence-electron chi connectivity index (χ0n) is 11.4. The standard InChI is InChI=1S/C16H16F2O2/c1-3-16(19,11-7-4-5-9-13(11)17)12-8-6-10-14(20-2)15(12)18/h4-10,19H,3H2,1-2H3. The number of benzene rings is 2. The summed E-state index contributed by atoms with van der Waals surface area (Å²) in [6, 6.07) is 10.3. The van der Waals surface area contributed by atoms with E-state index in [0.29, 0.717) is 0 Å². The van der Waals surface area contributed by atoms with Crippen molar-refractivity contribution >= 4 is 0 Å². The van der Waals surface area contributed by atoms with Gasteiger partial charge in [-0.05, 0) is 18.6 Å². The topological polar surface area (TPSA) is 29.5 Å². The van der Waals surface area contributed by atoms with Gasteiger partial charge >= 0.3 is 0 Å². The molecule has 0 spiro atoms. The normalized spacial score (nSPS) is 13.8. The first kappa shape index (κ1) is 14.5. The summed E-state index contributed by atoms with van der Waals surface area (Å²) in [4.78, 5) is 0.